The summed E-state index contributed by atoms with van der Waals surface area (Å²) in [6.45, 7) is 0.141. The average molecular weight is 386 g/mol. The number of hydrogen-bond donors (Lipinski definition) is 1. The molecular formula is C18H18N4O6. The van der Waals surface area contributed by atoms with Gasteiger partial charge in [-0.1, -0.05) is 0 Å². The van der Waals surface area contributed by atoms with Crippen LogP contribution >= 0.6 is 0 Å². The van der Waals surface area contributed by atoms with E-state index in [1.807, 2.05) is 0 Å². The first-order chi connectivity index (χ1) is 13.3. The number of carbonyl (C=O) groups is 3. The first-order valence-corrected chi connectivity index (χ1v) is 8.53. The number of aryl methyl sites for hydroxylation is 1. The van der Waals surface area contributed by atoms with Gasteiger partial charge in [-0.2, -0.15) is 0 Å². The standard InChI is InChI=1S/C18H18N4O6/c1-20-10-14(22(26)27)9-15(20)18(25)28-11-16(23)19-12-4-6-13(7-5-12)21-8-2-3-17(21)24/h4-7,9-10H,2-3,8,11H2,1H3,(H,19,23). The highest BCUT2D eigenvalue weighted by Gasteiger charge is 2.22. The number of amides is 2. The molecule has 146 valence electrons. The van der Waals surface area contributed by atoms with Gasteiger partial charge < -0.3 is 19.5 Å². The van der Waals surface area contributed by atoms with E-state index < -0.39 is 23.4 Å². The molecule has 2 heterocycles. The van der Waals surface area contributed by atoms with Crippen molar-refractivity contribution in [3.63, 3.8) is 0 Å². The molecule has 1 aliphatic heterocycles. The predicted octanol–water partition coefficient (Wildman–Crippen LogP) is 1.86. The third-order valence-corrected chi connectivity index (χ3v) is 4.28. The number of benzene rings is 1. The Morgan fingerprint density at radius 3 is 2.57 bits per heavy atom. The second-order valence-electron chi connectivity index (χ2n) is 6.27. The van der Waals surface area contributed by atoms with E-state index >= 15 is 0 Å². The van der Waals surface area contributed by atoms with Gasteiger partial charge in [0.25, 0.3) is 11.6 Å². The number of rotatable bonds is 6. The number of nitro groups is 1. The molecule has 0 aliphatic carbocycles. The van der Waals surface area contributed by atoms with Crippen LogP contribution in [-0.4, -0.2) is 40.4 Å². The van der Waals surface area contributed by atoms with Gasteiger partial charge in [0.1, 0.15) is 5.69 Å². The molecule has 2 aromatic rings. The van der Waals surface area contributed by atoms with E-state index in [2.05, 4.69) is 5.32 Å². The number of hydrogen-bond acceptors (Lipinski definition) is 6. The number of aromatic nitrogens is 1. The second-order valence-corrected chi connectivity index (χ2v) is 6.27. The molecule has 1 aliphatic rings. The lowest BCUT2D eigenvalue weighted by atomic mass is 10.2. The van der Waals surface area contributed by atoms with Gasteiger partial charge in [-0.05, 0) is 30.7 Å². The summed E-state index contributed by atoms with van der Waals surface area (Å²) in [4.78, 5) is 47.5. The van der Waals surface area contributed by atoms with Crippen molar-refractivity contribution < 1.29 is 24.0 Å². The fourth-order valence-corrected chi connectivity index (χ4v) is 2.90. The molecule has 1 saturated heterocycles. The van der Waals surface area contributed by atoms with Crippen molar-refractivity contribution in [2.45, 2.75) is 12.8 Å². The molecule has 0 unspecified atom stereocenters. The topological polar surface area (TPSA) is 124 Å². The molecule has 10 nitrogen and oxygen atoms in total. The summed E-state index contributed by atoms with van der Waals surface area (Å²) >= 11 is 0. The minimum absolute atomic E-state index is 0.0286. The molecule has 1 N–H and O–H groups in total. The zero-order chi connectivity index (χ0) is 20.3. The number of anilines is 2. The minimum Gasteiger partial charge on any atom is -0.451 e. The van der Waals surface area contributed by atoms with Crippen molar-refractivity contribution in [1.29, 1.82) is 0 Å². The number of carbonyl (C=O) groups excluding carboxylic acids is 3. The fourth-order valence-electron chi connectivity index (χ4n) is 2.90. The molecule has 0 bridgehead atoms. The smallest absolute Gasteiger partial charge is 0.355 e. The van der Waals surface area contributed by atoms with E-state index in [4.69, 9.17) is 4.74 Å². The molecule has 0 atom stereocenters. The van der Waals surface area contributed by atoms with Gasteiger partial charge in [0.15, 0.2) is 6.61 Å². The minimum atomic E-state index is -0.839. The van der Waals surface area contributed by atoms with Crippen molar-refractivity contribution in [3.05, 3.63) is 52.3 Å². The SMILES string of the molecule is Cn1cc([N+](=O)[O-])cc1C(=O)OCC(=O)Nc1ccc(N2CCCC2=O)cc1. The Labute approximate surface area is 159 Å². The van der Waals surface area contributed by atoms with Gasteiger partial charge in [-0.3, -0.25) is 19.7 Å². The molecule has 3 rings (SSSR count). The quantitative estimate of drug-likeness (QED) is 0.459. The Hall–Kier alpha value is -3.69. The van der Waals surface area contributed by atoms with E-state index in [1.165, 1.54) is 17.8 Å². The summed E-state index contributed by atoms with van der Waals surface area (Å²) in [5.41, 5.74) is 0.984. The van der Waals surface area contributed by atoms with Crippen LogP contribution in [0, 0.1) is 10.1 Å². The Morgan fingerprint density at radius 2 is 2.00 bits per heavy atom. The lowest BCUT2D eigenvalue weighted by Gasteiger charge is -2.16. The third-order valence-electron chi connectivity index (χ3n) is 4.28. The van der Waals surface area contributed by atoms with Gasteiger partial charge in [-0.25, -0.2) is 4.79 Å². The number of ether oxygens (including phenoxy) is 1. The van der Waals surface area contributed by atoms with Crippen LogP contribution in [0.25, 0.3) is 0 Å². The summed E-state index contributed by atoms with van der Waals surface area (Å²) in [7, 11) is 1.47. The van der Waals surface area contributed by atoms with Crippen LogP contribution in [0.5, 0.6) is 0 Å². The maximum Gasteiger partial charge on any atom is 0.355 e. The number of esters is 1. The molecule has 1 aromatic heterocycles. The van der Waals surface area contributed by atoms with Crippen LogP contribution in [0.3, 0.4) is 0 Å². The number of nitrogens with zero attached hydrogens (tertiary/aromatic N) is 3. The summed E-state index contributed by atoms with van der Waals surface area (Å²) in [5, 5.41) is 13.3. The van der Waals surface area contributed by atoms with Gasteiger partial charge >= 0.3 is 5.97 Å². The molecule has 0 saturated carbocycles. The van der Waals surface area contributed by atoms with Crippen LogP contribution in [0.1, 0.15) is 23.3 Å². The highest BCUT2D eigenvalue weighted by atomic mass is 16.6. The molecule has 28 heavy (non-hydrogen) atoms. The summed E-state index contributed by atoms with van der Waals surface area (Å²) in [5.74, 6) is -1.32. The second kappa shape index (κ2) is 7.91. The van der Waals surface area contributed by atoms with E-state index in [1.54, 1.807) is 29.2 Å². The van der Waals surface area contributed by atoms with E-state index in [0.717, 1.165) is 18.2 Å². The van der Waals surface area contributed by atoms with Crippen molar-refractivity contribution >= 4 is 34.8 Å². The number of nitrogens with one attached hydrogen (secondary N) is 1. The zero-order valence-corrected chi connectivity index (χ0v) is 15.1. The van der Waals surface area contributed by atoms with Crippen LogP contribution in [0.15, 0.2) is 36.5 Å². The maximum absolute atomic E-state index is 12.0. The summed E-state index contributed by atoms with van der Waals surface area (Å²) in [6, 6.07) is 7.85. The van der Waals surface area contributed by atoms with Crippen molar-refractivity contribution in [3.8, 4) is 0 Å². The maximum atomic E-state index is 12.0. The van der Waals surface area contributed by atoms with Crippen LogP contribution in [-0.2, 0) is 21.4 Å². The van der Waals surface area contributed by atoms with Crippen molar-refractivity contribution in [1.82, 2.24) is 4.57 Å². The molecule has 0 spiro atoms. The Balaban J connectivity index is 1.53. The predicted molar refractivity (Wildman–Crippen MR) is 99.0 cm³/mol. The monoisotopic (exact) mass is 386 g/mol. The summed E-state index contributed by atoms with van der Waals surface area (Å²) < 4.78 is 6.17. The molecule has 1 fully saturated rings. The van der Waals surface area contributed by atoms with Crippen LogP contribution < -0.4 is 10.2 Å². The van der Waals surface area contributed by atoms with Gasteiger partial charge in [0, 0.05) is 37.5 Å². The molecule has 0 radical (unpaired) electrons. The highest BCUT2D eigenvalue weighted by molar-refractivity contribution is 5.97. The Morgan fingerprint density at radius 1 is 1.29 bits per heavy atom. The van der Waals surface area contributed by atoms with E-state index in [9.17, 15) is 24.5 Å². The summed E-state index contributed by atoms with van der Waals surface area (Å²) in [6.07, 6.45) is 2.55. The van der Waals surface area contributed by atoms with E-state index in [0.29, 0.717) is 18.7 Å². The van der Waals surface area contributed by atoms with Crippen molar-refractivity contribution in [2.24, 2.45) is 7.05 Å². The molecular weight excluding hydrogens is 368 g/mol. The average Bonchev–Trinajstić information content (AvgIpc) is 3.26. The Kier molecular flexibility index (Phi) is 5.39. The first-order valence-electron chi connectivity index (χ1n) is 8.53. The zero-order valence-electron chi connectivity index (χ0n) is 15.1. The molecule has 10 heteroatoms. The van der Waals surface area contributed by atoms with Gasteiger partial charge in [0.05, 0.1) is 11.1 Å². The molecule has 2 amide bonds. The highest BCUT2D eigenvalue weighted by Crippen LogP contribution is 2.23. The largest absolute Gasteiger partial charge is 0.451 e. The normalized spacial score (nSPS) is 13.5. The van der Waals surface area contributed by atoms with Crippen LogP contribution in [0.2, 0.25) is 0 Å². The van der Waals surface area contributed by atoms with Crippen LogP contribution in [0.4, 0.5) is 17.1 Å². The lowest BCUT2D eigenvalue weighted by Crippen LogP contribution is -2.24. The lowest BCUT2D eigenvalue weighted by molar-refractivity contribution is -0.384. The molecule has 1 aromatic carbocycles. The Bertz CT molecular complexity index is 934. The van der Waals surface area contributed by atoms with E-state index in [-0.39, 0.29) is 17.3 Å². The fraction of sp³-hybridized carbons (Fsp3) is 0.278. The third kappa shape index (κ3) is 4.17. The van der Waals surface area contributed by atoms with Gasteiger partial charge in [0.2, 0.25) is 5.91 Å². The van der Waals surface area contributed by atoms with Gasteiger partial charge in [-0.15, -0.1) is 0 Å². The van der Waals surface area contributed by atoms with Crippen molar-refractivity contribution in [2.75, 3.05) is 23.4 Å². The first kappa shape index (κ1) is 19.1.